The van der Waals surface area contributed by atoms with Crippen LogP contribution in [0.3, 0.4) is 0 Å². The van der Waals surface area contributed by atoms with E-state index in [-0.39, 0.29) is 0 Å². The molecule has 0 aromatic heterocycles. The molecular formula is C14H28. The van der Waals surface area contributed by atoms with Crippen LogP contribution < -0.4 is 0 Å². The molecular weight excluding hydrogens is 168 g/mol. The van der Waals surface area contributed by atoms with Crippen molar-refractivity contribution in [3.8, 4) is 0 Å². The molecule has 0 spiro atoms. The van der Waals surface area contributed by atoms with Gasteiger partial charge in [0.25, 0.3) is 0 Å². The van der Waals surface area contributed by atoms with Gasteiger partial charge in [0.2, 0.25) is 0 Å². The summed E-state index contributed by atoms with van der Waals surface area (Å²) in [5.74, 6) is 0.699. The molecule has 0 heterocycles. The van der Waals surface area contributed by atoms with E-state index in [1.54, 1.807) is 0 Å². The van der Waals surface area contributed by atoms with Crippen molar-refractivity contribution in [2.75, 3.05) is 0 Å². The zero-order chi connectivity index (χ0) is 11.2. The molecule has 0 aliphatic heterocycles. The first-order valence-electron chi connectivity index (χ1n) is 5.96. The van der Waals surface area contributed by atoms with E-state index in [9.17, 15) is 0 Å². The highest BCUT2D eigenvalue weighted by Gasteiger charge is 1.84. The van der Waals surface area contributed by atoms with Crippen LogP contribution in [0.25, 0.3) is 0 Å². The zero-order valence-electron chi connectivity index (χ0n) is 10.4. The van der Waals surface area contributed by atoms with Crippen LogP contribution in [0.1, 0.15) is 59.3 Å². The quantitative estimate of drug-likeness (QED) is 0.380. The first kappa shape index (κ1) is 15.9. The van der Waals surface area contributed by atoms with Crippen LogP contribution in [-0.4, -0.2) is 0 Å². The summed E-state index contributed by atoms with van der Waals surface area (Å²) < 4.78 is 0. The lowest BCUT2D eigenvalue weighted by Crippen LogP contribution is -1.80. The normalized spacial score (nSPS) is 11.1. The van der Waals surface area contributed by atoms with Crippen LogP contribution in [0.4, 0.5) is 0 Å². The largest absolute Gasteiger partial charge is 0.103 e. The third-order valence-corrected chi connectivity index (χ3v) is 2.31. The van der Waals surface area contributed by atoms with Crippen molar-refractivity contribution in [1.82, 2.24) is 0 Å². The third kappa shape index (κ3) is 17.5. The summed E-state index contributed by atoms with van der Waals surface area (Å²) in [6, 6.07) is 0. The highest BCUT2D eigenvalue weighted by molar-refractivity contribution is 4.72. The summed E-state index contributed by atoms with van der Waals surface area (Å²) in [6.07, 6.45) is 11.8. The Kier molecular flexibility index (Phi) is 17.0. The van der Waals surface area contributed by atoms with Gasteiger partial charge in [-0.05, 0) is 18.8 Å². The molecule has 0 rings (SSSR count). The van der Waals surface area contributed by atoms with Crippen molar-refractivity contribution in [3.63, 3.8) is 0 Å². The molecule has 0 amide bonds. The lowest BCUT2D eigenvalue weighted by Gasteiger charge is -1.93. The minimum Gasteiger partial charge on any atom is -0.103 e. The highest BCUT2D eigenvalue weighted by Crippen LogP contribution is 2.01. The molecule has 14 heavy (non-hydrogen) atoms. The van der Waals surface area contributed by atoms with Crippen molar-refractivity contribution >= 4 is 0 Å². The molecule has 0 nitrogen and oxygen atoms in total. The number of allylic oxidation sites excluding steroid dienone is 2. The summed E-state index contributed by atoms with van der Waals surface area (Å²) in [6.45, 7) is 13.8. The summed E-state index contributed by atoms with van der Waals surface area (Å²) in [5, 5.41) is 0. The Morgan fingerprint density at radius 2 is 1.71 bits per heavy atom. The van der Waals surface area contributed by atoms with E-state index in [4.69, 9.17) is 0 Å². The number of hydrogen-bond donors (Lipinski definition) is 0. The molecule has 0 saturated heterocycles. The molecule has 0 saturated carbocycles. The minimum atomic E-state index is 0.699. The van der Waals surface area contributed by atoms with Crippen LogP contribution in [-0.2, 0) is 0 Å². The maximum atomic E-state index is 3.66. The molecule has 0 radical (unpaired) electrons. The van der Waals surface area contributed by atoms with Crippen LogP contribution >= 0.6 is 0 Å². The summed E-state index contributed by atoms with van der Waals surface area (Å²) in [5.41, 5.74) is 0. The van der Waals surface area contributed by atoms with Crippen molar-refractivity contribution in [2.24, 2.45) is 5.92 Å². The molecule has 1 atom stereocenters. The van der Waals surface area contributed by atoms with Crippen LogP contribution in [0.5, 0.6) is 0 Å². The highest BCUT2D eigenvalue weighted by atomic mass is 13.9. The maximum absolute atomic E-state index is 3.66. The molecule has 0 aromatic carbocycles. The Labute approximate surface area is 91.1 Å². The van der Waals surface area contributed by atoms with Crippen LogP contribution in [0.2, 0.25) is 0 Å². The molecule has 1 unspecified atom stereocenters. The predicted molar refractivity (Wildman–Crippen MR) is 68.6 cm³/mol. The number of unbranched alkanes of at least 4 members (excludes halogenated alkanes) is 4. The van der Waals surface area contributed by atoms with Crippen molar-refractivity contribution in [3.05, 3.63) is 25.3 Å². The molecule has 0 heteroatoms. The average molecular weight is 196 g/mol. The van der Waals surface area contributed by atoms with Gasteiger partial charge >= 0.3 is 0 Å². The van der Waals surface area contributed by atoms with Gasteiger partial charge < -0.3 is 0 Å². The van der Waals surface area contributed by atoms with Gasteiger partial charge in [-0.2, -0.15) is 0 Å². The van der Waals surface area contributed by atoms with E-state index in [0.717, 1.165) is 0 Å². The van der Waals surface area contributed by atoms with Gasteiger partial charge in [0, 0.05) is 0 Å². The number of rotatable bonds is 7. The number of hydrogen-bond acceptors (Lipinski definition) is 0. The third-order valence-electron chi connectivity index (χ3n) is 2.31. The van der Waals surface area contributed by atoms with Gasteiger partial charge in [0.15, 0.2) is 0 Å². The molecule has 0 aliphatic rings. The Morgan fingerprint density at radius 1 is 1.07 bits per heavy atom. The van der Waals surface area contributed by atoms with E-state index in [0.29, 0.717) is 5.92 Å². The monoisotopic (exact) mass is 196 g/mol. The van der Waals surface area contributed by atoms with E-state index >= 15 is 0 Å². The molecule has 0 aromatic rings. The Morgan fingerprint density at radius 3 is 2.00 bits per heavy atom. The van der Waals surface area contributed by atoms with Crippen LogP contribution in [0, 0.1) is 5.92 Å². The lowest BCUT2D eigenvalue weighted by atomic mass is 10.1. The second-order valence-electron chi connectivity index (χ2n) is 3.76. The fourth-order valence-corrected chi connectivity index (χ4v) is 0.882. The van der Waals surface area contributed by atoms with Crippen molar-refractivity contribution in [2.45, 2.75) is 59.3 Å². The Balaban J connectivity index is 0. The molecule has 0 fully saturated rings. The van der Waals surface area contributed by atoms with E-state index in [2.05, 4.69) is 33.9 Å². The van der Waals surface area contributed by atoms with E-state index in [1.165, 1.54) is 38.5 Å². The van der Waals surface area contributed by atoms with Gasteiger partial charge in [-0.25, -0.2) is 0 Å². The standard InChI is InChI=1S/C8H16.C6H12/c1-3-5-7-8-6-4-2;1-4-6(3)5-2/h3H,1,4-8H2,2H3;4,6H,1,5H2,2-3H3. The Bertz CT molecular complexity index is 113. The second kappa shape index (κ2) is 15.0. The fraction of sp³-hybridized carbons (Fsp3) is 0.714. The predicted octanol–water partition coefficient (Wildman–Crippen LogP) is 5.36. The summed E-state index contributed by atoms with van der Waals surface area (Å²) in [7, 11) is 0. The van der Waals surface area contributed by atoms with Gasteiger partial charge in [0.1, 0.15) is 0 Å². The molecule has 0 N–H and O–H groups in total. The molecule has 0 aliphatic carbocycles. The minimum absolute atomic E-state index is 0.699. The van der Waals surface area contributed by atoms with E-state index in [1.807, 2.05) is 12.2 Å². The second-order valence-corrected chi connectivity index (χ2v) is 3.76. The first-order chi connectivity index (χ1) is 6.72. The van der Waals surface area contributed by atoms with Gasteiger partial charge in [-0.15, -0.1) is 13.2 Å². The van der Waals surface area contributed by atoms with Gasteiger partial charge in [-0.3, -0.25) is 0 Å². The SMILES string of the molecule is C=CC(C)CC.C=CCCCCCC. The molecule has 84 valence electrons. The average Bonchev–Trinajstić information content (AvgIpc) is 2.24. The smallest absolute Gasteiger partial charge is 0.0267 e. The summed E-state index contributed by atoms with van der Waals surface area (Å²) >= 11 is 0. The Hall–Kier alpha value is -0.520. The topological polar surface area (TPSA) is 0 Å². The van der Waals surface area contributed by atoms with E-state index < -0.39 is 0 Å². The van der Waals surface area contributed by atoms with Crippen LogP contribution in [0.15, 0.2) is 25.3 Å². The zero-order valence-corrected chi connectivity index (χ0v) is 10.4. The van der Waals surface area contributed by atoms with Crippen molar-refractivity contribution < 1.29 is 0 Å². The summed E-state index contributed by atoms with van der Waals surface area (Å²) in [4.78, 5) is 0. The fourth-order valence-electron chi connectivity index (χ4n) is 0.882. The van der Waals surface area contributed by atoms with Crippen molar-refractivity contribution in [1.29, 1.82) is 0 Å². The van der Waals surface area contributed by atoms with Gasteiger partial charge in [-0.1, -0.05) is 58.6 Å². The lowest BCUT2D eigenvalue weighted by molar-refractivity contribution is 0.675. The maximum Gasteiger partial charge on any atom is -0.0267 e. The molecule has 0 bridgehead atoms. The van der Waals surface area contributed by atoms with Gasteiger partial charge in [0.05, 0.1) is 0 Å². The first-order valence-corrected chi connectivity index (χ1v) is 5.96.